The first-order valence-corrected chi connectivity index (χ1v) is 11.0. The van der Waals surface area contributed by atoms with E-state index in [1.54, 1.807) is 0 Å². The Morgan fingerprint density at radius 2 is 1.56 bits per heavy atom. The van der Waals surface area contributed by atoms with Crippen molar-refractivity contribution in [3.05, 3.63) is 11.8 Å². The molecule has 5 saturated carbocycles. The van der Waals surface area contributed by atoms with E-state index in [0.717, 1.165) is 0 Å². The highest BCUT2D eigenvalue weighted by molar-refractivity contribution is 5.79. The number of hydrogen-bond acceptors (Lipinski definition) is 7. The van der Waals surface area contributed by atoms with Crippen LogP contribution in [0.2, 0.25) is 0 Å². The number of alkyl halides is 6. The van der Waals surface area contributed by atoms with E-state index >= 15 is 0 Å². The SMILES string of the molecule is O=C(COCC1CC(OC(F)(F)F)C1)NC12CC(c3nnc([C@H]4C[C@@H](OC(F)(F)F)C4)o3)(C1)C2. The highest BCUT2D eigenvalue weighted by Crippen LogP contribution is 2.67. The first kappa shape index (κ1) is 23.8. The number of ether oxygens (including phenoxy) is 3. The lowest BCUT2D eigenvalue weighted by molar-refractivity contribution is -0.355. The second-order valence-corrected chi connectivity index (χ2v) is 9.98. The lowest BCUT2D eigenvalue weighted by atomic mass is 9.39. The minimum Gasteiger partial charge on any atom is -0.424 e. The van der Waals surface area contributed by atoms with Crippen LogP contribution < -0.4 is 5.32 Å². The molecule has 1 aromatic heterocycles. The molecule has 2 bridgehead atoms. The number of carbonyl (C=O) groups excluding carboxylic acids is 1. The van der Waals surface area contributed by atoms with Gasteiger partial charge in [-0.1, -0.05) is 0 Å². The molecule has 0 atom stereocenters. The van der Waals surface area contributed by atoms with Gasteiger partial charge >= 0.3 is 12.7 Å². The first-order chi connectivity index (χ1) is 15.8. The van der Waals surface area contributed by atoms with E-state index in [4.69, 9.17) is 9.15 Å². The summed E-state index contributed by atoms with van der Waals surface area (Å²) < 4.78 is 92.0. The largest absolute Gasteiger partial charge is 0.522 e. The number of nitrogens with zero attached hydrogens (tertiary/aromatic N) is 2. The molecule has 8 nitrogen and oxygen atoms in total. The van der Waals surface area contributed by atoms with Gasteiger partial charge in [-0.2, -0.15) is 0 Å². The lowest BCUT2D eigenvalue weighted by Gasteiger charge is -2.68. The Morgan fingerprint density at radius 3 is 2.15 bits per heavy atom. The fraction of sp³-hybridized carbons (Fsp3) is 0.850. The molecule has 6 rings (SSSR count). The van der Waals surface area contributed by atoms with Crippen LogP contribution in [0, 0.1) is 5.92 Å². The van der Waals surface area contributed by atoms with Crippen molar-refractivity contribution in [3.63, 3.8) is 0 Å². The van der Waals surface area contributed by atoms with Gasteiger partial charge in [-0.05, 0) is 50.9 Å². The molecule has 0 saturated heterocycles. The number of carbonyl (C=O) groups is 1. The van der Waals surface area contributed by atoms with Crippen LogP contribution >= 0.6 is 0 Å². The molecule has 1 aromatic rings. The van der Waals surface area contributed by atoms with Crippen molar-refractivity contribution in [2.75, 3.05) is 13.2 Å². The van der Waals surface area contributed by atoms with Crippen molar-refractivity contribution >= 4 is 5.91 Å². The zero-order chi connectivity index (χ0) is 24.4. The molecule has 5 aliphatic rings. The summed E-state index contributed by atoms with van der Waals surface area (Å²) in [4.78, 5) is 12.2. The van der Waals surface area contributed by atoms with Crippen LogP contribution in [0.25, 0.3) is 0 Å². The minimum atomic E-state index is -4.66. The van der Waals surface area contributed by atoms with Crippen LogP contribution in [-0.2, 0) is 24.4 Å². The second kappa shape index (κ2) is 8.05. The molecule has 0 aliphatic heterocycles. The number of amides is 1. The fourth-order valence-electron chi connectivity index (χ4n) is 5.56. The lowest BCUT2D eigenvalue weighted by Crippen LogP contribution is -2.77. The average Bonchev–Trinajstić information content (AvgIpc) is 3.04. The van der Waals surface area contributed by atoms with Gasteiger partial charge in [0.25, 0.3) is 0 Å². The third-order valence-corrected chi connectivity index (χ3v) is 7.15. The molecule has 1 amide bonds. The van der Waals surface area contributed by atoms with Gasteiger partial charge in [0, 0.05) is 11.5 Å². The molecular weight excluding hydrogens is 476 g/mol. The predicted octanol–water partition coefficient (Wildman–Crippen LogP) is 3.47. The molecular formula is C20H23F6N3O5. The van der Waals surface area contributed by atoms with E-state index < -0.39 is 24.9 Å². The maximum Gasteiger partial charge on any atom is 0.522 e. The van der Waals surface area contributed by atoms with Crippen molar-refractivity contribution in [2.45, 2.75) is 86.8 Å². The predicted molar refractivity (Wildman–Crippen MR) is 98.1 cm³/mol. The topological polar surface area (TPSA) is 95.7 Å². The Kier molecular flexibility index (Phi) is 5.63. The summed E-state index contributed by atoms with van der Waals surface area (Å²) >= 11 is 0. The molecule has 5 aliphatic carbocycles. The van der Waals surface area contributed by atoms with Crippen LogP contribution in [0.3, 0.4) is 0 Å². The van der Waals surface area contributed by atoms with E-state index in [-0.39, 0.29) is 67.6 Å². The van der Waals surface area contributed by atoms with E-state index in [2.05, 4.69) is 25.0 Å². The number of aromatic nitrogens is 2. The summed E-state index contributed by atoms with van der Waals surface area (Å²) in [6.45, 7) is 0.0203. The number of halogens is 6. The average molecular weight is 499 g/mol. The van der Waals surface area contributed by atoms with Crippen molar-refractivity contribution < 1.29 is 49.8 Å². The van der Waals surface area contributed by atoms with Gasteiger partial charge in [-0.15, -0.1) is 36.5 Å². The molecule has 0 radical (unpaired) electrons. The van der Waals surface area contributed by atoms with E-state index in [9.17, 15) is 31.1 Å². The summed E-state index contributed by atoms with van der Waals surface area (Å²) in [7, 11) is 0. The fourth-order valence-corrected chi connectivity index (χ4v) is 5.56. The van der Waals surface area contributed by atoms with Crippen molar-refractivity contribution in [3.8, 4) is 0 Å². The highest BCUT2D eigenvalue weighted by atomic mass is 19.4. The monoisotopic (exact) mass is 499 g/mol. The Balaban J connectivity index is 0.986. The smallest absolute Gasteiger partial charge is 0.424 e. The van der Waals surface area contributed by atoms with Crippen molar-refractivity contribution in [2.24, 2.45) is 5.92 Å². The third-order valence-electron chi connectivity index (χ3n) is 7.15. The number of rotatable bonds is 9. The van der Waals surface area contributed by atoms with Crippen molar-refractivity contribution in [1.82, 2.24) is 15.5 Å². The quantitative estimate of drug-likeness (QED) is 0.520. The molecule has 1 N–H and O–H groups in total. The normalized spacial score (nSPS) is 36.6. The van der Waals surface area contributed by atoms with Gasteiger partial charge < -0.3 is 14.5 Å². The Labute approximate surface area is 189 Å². The zero-order valence-electron chi connectivity index (χ0n) is 17.9. The summed E-state index contributed by atoms with van der Waals surface area (Å²) in [6, 6.07) is 0. The zero-order valence-corrected chi connectivity index (χ0v) is 17.9. The van der Waals surface area contributed by atoms with Gasteiger partial charge in [0.1, 0.15) is 6.61 Å². The number of hydrogen-bond donors (Lipinski definition) is 1. The first-order valence-electron chi connectivity index (χ1n) is 11.0. The standard InChI is InChI=1S/C20H23F6N3O5/c21-19(22,23)33-12-1-10(2-12)5-31-6-14(30)27-18-7-17(8-18,9-18)16-29-28-15(32-16)11-3-13(4-11)34-20(24,25)26/h10-13H,1-9H2,(H,27,30)/t10?,11-,12?,13+,17?,18?. The van der Waals surface area contributed by atoms with Gasteiger partial charge in [0.2, 0.25) is 17.7 Å². The minimum absolute atomic E-state index is 0.0592. The van der Waals surface area contributed by atoms with E-state index in [1.807, 2.05) is 0 Å². The Morgan fingerprint density at radius 1 is 0.971 bits per heavy atom. The van der Waals surface area contributed by atoms with Gasteiger partial charge in [0.15, 0.2) is 0 Å². The third kappa shape index (κ3) is 4.89. The summed E-state index contributed by atoms with van der Waals surface area (Å²) in [5.74, 6) is 0.142. The Hall–Kier alpha value is -1.93. The van der Waals surface area contributed by atoms with Gasteiger partial charge in [-0.25, -0.2) is 0 Å². The van der Waals surface area contributed by atoms with Crippen LogP contribution in [0.1, 0.15) is 62.6 Å². The van der Waals surface area contributed by atoms with E-state index in [1.165, 1.54) is 0 Å². The van der Waals surface area contributed by atoms with Crippen molar-refractivity contribution in [1.29, 1.82) is 0 Å². The maximum absolute atomic E-state index is 12.2. The number of nitrogens with one attached hydrogen (secondary N) is 1. The van der Waals surface area contributed by atoms with Crippen LogP contribution in [0.4, 0.5) is 26.3 Å². The summed E-state index contributed by atoms with van der Waals surface area (Å²) in [5, 5.41) is 11.0. The second-order valence-electron chi connectivity index (χ2n) is 9.98. The summed E-state index contributed by atoms with van der Waals surface area (Å²) in [5.41, 5.74) is -0.677. The molecule has 190 valence electrons. The molecule has 0 unspecified atom stereocenters. The molecule has 0 aromatic carbocycles. The molecule has 14 heteroatoms. The summed E-state index contributed by atoms with van der Waals surface area (Å²) in [6.07, 6.45) is -8.32. The molecule has 0 spiro atoms. The Bertz CT molecular complexity index is 903. The van der Waals surface area contributed by atoms with Gasteiger partial charge in [-0.3, -0.25) is 14.3 Å². The maximum atomic E-state index is 12.2. The highest BCUT2D eigenvalue weighted by Gasteiger charge is 2.72. The van der Waals surface area contributed by atoms with Crippen LogP contribution in [0.15, 0.2) is 4.42 Å². The van der Waals surface area contributed by atoms with E-state index in [0.29, 0.717) is 31.0 Å². The molecule has 1 heterocycles. The van der Waals surface area contributed by atoms with Gasteiger partial charge in [0.05, 0.1) is 24.2 Å². The molecule has 5 fully saturated rings. The molecule has 34 heavy (non-hydrogen) atoms. The van der Waals surface area contributed by atoms with Crippen LogP contribution in [-0.4, -0.2) is 59.8 Å². The van der Waals surface area contributed by atoms with Crippen LogP contribution in [0.5, 0.6) is 0 Å².